The van der Waals surface area contributed by atoms with Crippen LogP contribution in [0.1, 0.15) is 36.5 Å². The molecule has 0 fully saturated rings. The summed E-state index contributed by atoms with van der Waals surface area (Å²) in [6, 6.07) is 6.91. The zero-order valence-electron chi connectivity index (χ0n) is 11.0. The molecule has 18 heavy (non-hydrogen) atoms. The number of Topliss-reactive ketones (excluding diaryl/α,β-unsaturated/α-hetero) is 1. The lowest BCUT2D eigenvalue weighted by atomic mass is 10.1. The van der Waals surface area contributed by atoms with Gasteiger partial charge in [-0.25, -0.2) is 0 Å². The molecule has 0 N–H and O–H groups in total. The number of ketones is 1. The lowest BCUT2D eigenvalue weighted by Crippen LogP contribution is -2.13. The van der Waals surface area contributed by atoms with Crippen LogP contribution >= 0.6 is 0 Å². The van der Waals surface area contributed by atoms with E-state index >= 15 is 0 Å². The molecular formula is C14H20O3S. The maximum Gasteiger partial charge on any atom is 0.175 e. The standard InChI is InChI=1S/C14H20O3S/c1-3-4-5-10-18(16)11-14(15)12-6-8-13(17-2)9-7-12/h6-9H,3-5,10-11H2,1-2H3. The summed E-state index contributed by atoms with van der Waals surface area (Å²) in [6.45, 7) is 2.10. The molecule has 1 unspecified atom stereocenters. The number of benzene rings is 1. The number of carbonyl (C=O) groups excluding carboxylic acids is 1. The van der Waals surface area contributed by atoms with E-state index in [2.05, 4.69) is 6.92 Å². The lowest BCUT2D eigenvalue weighted by molar-refractivity contribution is 0.102. The summed E-state index contributed by atoms with van der Waals surface area (Å²) in [5.74, 6) is 1.40. The van der Waals surface area contributed by atoms with Crippen molar-refractivity contribution in [3.05, 3.63) is 29.8 Å². The first-order valence-corrected chi connectivity index (χ1v) is 7.68. The highest BCUT2D eigenvalue weighted by molar-refractivity contribution is 7.85. The third kappa shape index (κ3) is 5.00. The fraction of sp³-hybridized carbons (Fsp3) is 0.500. The molecule has 1 aromatic carbocycles. The maximum atomic E-state index is 11.9. The van der Waals surface area contributed by atoms with E-state index in [0.29, 0.717) is 11.3 Å². The molecule has 0 saturated carbocycles. The Kier molecular flexibility index (Phi) is 6.65. The van der Waals surface area contributed by atoms with Crippen LogP contribution in [0.15, 0.2) is 24.3 Å². The van der Waals surface area contributed by atoms with Crippen LogP contribution in [0.2, 0.25) is 0 Å². The van der Waals surface area contributed by atoms with Crippen LogP contribution in [0, 0.1) is 0 Å². The van der Waals surface area contributed by atoms with Gasteiger partial charge in [0.2, 0.25) is 0 Å². The Morgan fingerprint density at radius 2 is 1.89 bits per heavy atom. The van der Waals surface area contributed by atoms with Gasteiger partial charge in [-0.05, 0) is 30.7 Å². The maximum absolute atomic E-state index is 11.9. The topological polar surface area (TPSA) is 43.4 Å². The molecule has 1 atom stereocenters. The van der Waals surface area contributed by atoms with E-state index in [1.165, 1.54) is 0 Å². The van der Waals surface area contributed by atoms with Crippen molar-refractivity contribution in [3.63, 3.8) is 0 Å². The summed E-state index contributed by atoms with van der Waals surface area (Å²) >= 11 is 0. The van der Waals surface area contributed by atoms with Gasteiger partial charge in [-0.1, -0.05) is 19.8 Å². The second kappa shape index (κ2) is 8.03. The average Bonchev–Trinajstić information content (AvgIpc) is 2.39. The highest BCUT2D eigenvalue weighted by atomic mass is 32.2. The van der Waals surface area contributed by atoms with Gasteiger partial charge in [0.1, 0.15) is 5.75 Å². The molecular weight excluding hydrogens is 248 g/mol. The normalized spacial score (nSPS) is 12.1. The average molecular weight is 268 g/mol. The zero-order valence-corrected chi connectivity index (χ0v) is 11.8. The van der Waals surface area contributed by atoms with Crippen molar-refractivity contribution in [2.45, 2.75) is 26.2 Å². The van der Waals surface area contributed by atoms with Crippen molar-refractivity contribution in [1.82, 2.24) is 0 Å². The predicted molar refractivity (Wildman–Crippen MR) is 74.7 cm³/mol. The van der Waals surface area contributed by atoms with Gasteiger partial charge >= 0.3 is 0 Å². The molecule has 0 saturated heterocycles. The molecule has 1 rings (SSSR count). The largest absolute Gasteiger partial charge is 0.497 e. The summed E-state index contributed by atoms with van der Waals surface area (Å²) in [5, 5.41) is 0. The van der Waals surface area contributed by atoms with E-state index in [-0.39, 0.29) is 11.5 Å². The van der Waals surface area contributed by atoms with Crippen molar-refractivity contribution in [3.8, 4) is 5.75 Å². The number of ether oxygens (including phenoxy) is 1. The Morgan fingerprint density at radius 1 is 1.22 bits per heavy atom. The van der Waals surface area contributed by atoms with E-state index in [4.69, 9.17) is 4.74 Å². The van der Waals surface area contributed by atoms with Crippen LogP contribution < -0.4 is 4.74 Å². The van der Waals surface area contributed by atoms with Crippen LogP contribution in [0.4, 0.5) is 0 Å². The molecule has 0 aliphatic carbocycles. The second-order valence-corrected chi connectivity index (χ2v) is 5.72. The summed E-state index contributed by atoms with van der Waals surface area (Å²) in [5.41, 5.74) is 0.597. The van der Waals surface area contributed by atoms with Crippen LogP contribution in [-0.2, 0) is 10.8 Å². The monoisotopic (exact) mass is 268 g/mol. The Morgan fingerprint density at radius 3 is 2.44 bits per heavy atom. The molecule has 0 amide bonds. The Balaban J connectivity index is 2.46. The molecule has 0 spiro atoms. The van der Waals surface area contributed by atoms with E-state index in [1.807, 2.05) is 0 Å². The third-order valence-electron chi connectivity index (χ3n) is 2.68. The van der Waals surface area contributed by atoms with Crippen molar-refractivity contribution in [2.75, 3.05) is 18.6 Å². The summed E-state index contributed by atoms with van der Waals surface area (Å²) < 4.78 is 16.7. The molecule has 4 heteroatoms. The van der Waals surface area contributed by atoms with Gasteiger partial charge in [0.05, 0.1) is 12.9 Å². The Labute approximate surface area is 111 Å². The van der Waals surface area contributed by atoms with Gasteiger partial charge in [0.25, 0.3) is 0 Å². The summed E-state index contributed by atoms with van der Waals surface area (Å²) in [4.78, 5) is 11.9. The second-order valence-electron chi connectivity index (χ2n) is 4.15. The van der Waals surface area contributed by atoms with Gasteiger partial charge < -0.3 is 4.74 Å². The fourth-order valence-corrected chi connectivity index (χ4v) is 2.72. The number of rotatable bonds is 8. The van der Waals surface area contributed by atoms with Gasteiger partial charge in [-0.15, -0.1) is 0 Å². The minimum atomic E-state index is -1.04. The summed E-state index contributed by atoms with van der Waals surface area (Å²) in [6.07, 6.45) is 3.10. The first-order valence-electron chi connectivity index (χ1n) is 6.19. The molecule has 1 aromatic rings. The number of hydrogen-bond donors (Lipinski definition) is 0. The minimum Gasteiger partial charge on any atom is -0.497 e. The molecule has 0 radical (unpaired) electrons. The van der Waals surface area contributed by atoms with Crippen LogP contribution in [-0.4, -0.2) is 28.6 Å². The molecule has 100 valence electrons. The van der Waals surface area contributed by atoms with E-state index in [9.17, 15) is 9.00 Å². The highest BCUT2D eigenvalue weighted by Crippen LogP contribution is 2.12. The Bertz CT molecular complexity index is 398. The highest BCUT2D eigenvalue weighted by Gasteiger charge is 2.10. The van der Waals surface area contributed by atoms with Gasteiger partial charge in [0.15, 0.2) is 5.78 Å². The van der Waals surface area contributed by atoms with Gasteiger partial charge in [-0.3, -0.25) is 9.00 Å². The molecule has 0 heterocycles. The molecule has 0 bridgehead atoms. The number of carbonyl (C=O) groups is 1. The SMILES string of the molecule is CCCCCS(=O)CC(=O)c1ccc(OC)cc1. The molecule has 0 aliphatic heterocycles. The smallest absolute Gasteiger partial charge is 0.175 e. The van der Waals surface area contributed by atoms with E-state index < -0.39 is 10.8 Å². The van der Waals surface area contributed by atoms with Crippen molar-refractivity contribution < 1.29 is 13.7 Å². The van der Waals surface area contributed by atoms with Gasteiger partial charge in [0, 0.05) is 22.1 Å². The fourth-order valence-electron chi connectivity index (χ4n) is 1.59. The van der Waals surface area contributed by atoms with Crippen molar-refractivity contribution in [2.24, 2.45) is 0 Å². The number of unbranched alkanes of at least 4 members (excludes halogenated alkanes) is 2. The lowest BCUT2D eigenvalue weighted by Gasteiger charge is -2.03. The van der Waals surface area contributed by atoms with Crippen molar-refractivity contribution >= 4 is 16.6 Å². The Hall–Kier alpha value is -1.16. The van der Waals surface area contributed by atoms with E-state index in [1.54, 1.807) is 31.4 Å². The quantitative estimate of drug-likeness (QED) is 0.538. The first kappa shape index (κ1) is 14.9. The number of methoxy groups -OCH3 is 1. The predicted octanol–water partition coefficient (Wildman–Crippen LogP) is 2.82. The first-order chi connectivity index (χ1) is 8.67. The molecule has 0 aromatic heterocycles. The molecule has 0 aliphatic rings. The minimum absolute atomic E-state index is 0.0625. The van der Waals surface area contributed by atoms with Crippen molar-refractivity contribution in [1.29, 1.82) is 0 Å². The molecule has 3 nitrogen and oxygen atoms in total. The van der Waals surface area contributed by atoms with Gasteiger partial charge in [-0.2, -0.15) is 0 Å². The van der Waals surface area contributed by atoms with Crippen LogP contribution in [0.5, 0.6) is 5.75 Å². The summed E-state index contributed by atoms with van der Waals surface area (Å²) in [7, 11) is 0.543. The van der Waals surface area contributed by atoms with Crippen LogP contribution in [0.3, 0.4) is 0 Å². The van der Waals surface area contributed by atoms with Crippen LogP contribution in [0.25, 0.3) is 0 Å². The number of hydrogen-bond acceptors (Lipinski definition) is 3. The zero-order chi connectivity index (χ0) is 13.4. The third-order valence-corrected chi connectivity index (χ3v) is 4.01. The van der Waals surface area contributed by atoms with E-state index in [0.717, 1.165) is 25.0 Å².